The van der Waals surface area contributed by atoms with E-state index in [4.69, 9.17) is 29.5 Å². The number of halogens is 4. The summed E-state index contributed by atoms with van der Waals surface area (Å²) in [5.41, 5.74) is 12.0. The van der Waals surface area contributed by atoms with Gasteiger partial charge in [0.05, 0.1) is 26.5 Å². The van der Waals surface area contributed by atoms with E-state index < -0.39 is 15.9 Å². The zero-order valence-corrected chi connectivity index (χ0v) is 42.5. The average molecular weight is 1010 g/mol. The third-order valence-corrected chi connectivity index (χ3v) is 11.1. The van der Waals surface area contributed by atoms with E-state index in [0.29, 0.717) is 89.1 Å². The number of piperazine rings is 2. The molecule has 0 atom stereocenters. The maximum atomic E-state index is 13.7. The van der Waals surface area contributed by atoms with Crippen molar-refractivity contribution in [2.75, 3.05) is 86.6 Å². The van der Waals surface area contributed by atoms with Crippen LogP contribution in [-0.2, 0) is 35.7 Å². The molecule has 4 aromatic carbocycles. The van der Waals surface area contributed by atoms with Gasteiger partial charge >= 0.3 is 22.9 Å². The summed E-state index contributed by atoms with van der Waals surface area (Å²) >= 11 is 8.80. The van der Waals surface area contributed by atoms with Crippen molar-refractivity contribution >= 4 is 68.9 Å². The molecule has 20 heteroatoms. The second-order valence-corrected chi connectivity index (χ2v) is 19.4. The number of carbonyl (C=O) groups excluding carboxylic acids is 4. The van der Waals surface area contributed by atoms with Crippen LogP contribution in [0.25, 0.3) is 0 Å². The van der Waals surface area contributed by atoms with E-state index in [-0.39, 0.29) is 36.4 Å². The van der Waals surface area contributed by atoms with Gasteiger partial charge in [0, 0.05) is 124 Å². The summed E-state index contributed by atoms with van der Waals surface area (Å²) in [5.74, 6) is 0.720. The maximum absolute atomic E-state index is 13.7. The number of ether oxygens (including phenoxy) is 4. The Bertz CT molecular complexity index is 2450. The molecule has 0 aromatic heterocycles. The van der Waals surface area contributed by atoms with E-state index >= 15 is 0 Å². The first-order valence-electron chi connectivity index (χ1n) is 22.8. The summed E-state index contributed by atoms with van der Waals surface area (Å²) in [6, 6.07) is 20.2. The van der Waals surface area contributed by atoms with Gasteiger partial charge in [0.1, 0.15) is 34.3 Å². The molecule has 0 spiro atoms. The minimum atomic E-state index is -0.889. The molecule has 0 bridgehead atoms. The zero-order valence-electron chi connectivity index (χ0n) is 41.0. The summed E-state index contributed by atoms with van der Waals surface area (Å²) in [6.07, 6.45) is -0.604. The van der Waals surface area contributed by atoms with Gasteiger partial charge in [-0.1, -0.05) is 24.3 Å². The standard InChI is InChI=1S/C25H31FN4O4.C24H33FN4O3.CCl2O/c1-25(2,3)34-24(32)29-10-8-28(9-11-29)21-13-19(33-4)14-22-20(21)15-27-23(31)30(22)16-17-6-5-7-18(26)12-17;1-24(2,3)32-23(30)29-10-8-28(9-11-29)22-14-19(31-4)13-21(20(22)15-26)27-16-17-6-5-7-18(25)12-17;2-1(3)4/h5-7,12-14H,8-11,15-16H2,1-4H3,(H,27,31);5-7,12-14,27H,8-11,15-16,26H2,1-4H3;. The lowest BCUT2D eigenvalue weighted by atomic mass is 10.0. The van der Waals surface area contributed by atoms with Gasteiger partial charge in [-0.25, -0.2) is 23.2 Å². The number of amides is 4. The van der Waals surface area contributed by atoms with Gasteiger partial charge in [-0.3, -0.25) is 9.69 Å². The Kier molecular flexibility index (Phi) is 19.2. The van der Waals surface area contributed by atoms with Crippen LogP contribution in [0.4, 0.5) is 50.7 Å². The van der Waals surface area contributed by atoms with Crippen molar-refractivity contribution in [3.05, 3.63) is 107 Å². The second-order valence-electron chi connectivity index (χ2n) is 18.5. The van der Waals surface area contributed by atoms with Gasteiger partial charge in [-0.2, -0.15) is 0 Å². The van der Waals surface area contributed by atoms with E-state index in [1.54, 1.807) is 47.1 Å². The molecular weight excluding hydrogens is 949 g/mol. The van der Waals surface area contributed by atoms with Gasteiger partial charge in [-0.15, -0.1) is 0 Å². The monoisotopic (exact) mass is 1010 g/mol. The Morgan fingerprint density at radius 1 is 0.686 bits per heavy atom. The van der Waals surface area contributed by atoms with Crippen LogP contribution >= 0.6 is 23.2 Å². The fraction of sp³-hybridized carbons (Fsp3) is 0.440. The molecule has 2 fully saturated rings. The van der Waals surface area contributed by atoms with Crippen LogP contribution in [0.5, 0.6) is 11.5 Å². The Morgan fingerprint density at radius 2 is 1.14 bits per heavy atom. The third-order valence-electron chi connectivity index (χ3n) is 11.1. The number of hydrogen-bond acceptors (Lipinski definition) is 12. The lowest BCUT2D eigenvalue weighted by Crippen LogP contribution is -2.51. The van der Waals surface area contributed by atoms with Crippen LogP contribution in [0.3, 0.4) is 0 Å². The van der Waals surface area contributed by atoms with Crippen molar-refractivity contribution in [1.29, 1.82) is 0 Å². The van der Waals surface area contributed by atoms with E-state index in [2.05, 4.69) is 43.6 Å². The second kappa shape index (κ2) is 24.5. The number of nitrogens with zero attached hydrogens (tertiary/aromatic N) is 5. The van der Waals surface area contributed by atoms with Crippen molar-refractivity contribution in [3.8, 4) is 11.5 Å². The van der Waals surface area contributed by atoms with Gasteiger partial charge in [0.2, 0.25) is 0 Å². The highest BCUT2D eigenvalue weighted by atomic mass is 35.5. The maximum Gasteiger partial charge on any atom is 0.410 e. The molecule has 4 N–H and O–H groups in total. The van der Waals surface area contributed by atoms with Crippen LogP contribution in [0.2, 0.25) is 0 Å². The SMILES string of the molecule is COc1cc(N2CCN(C(=O)OC(C)(C)C)CC2)c2c(c1)N(Cc1cccc(F)c1)C(=O)NC2.COc1cc(NCc2cccc(F)c2)c(CN)c(N2CCN(C(=O)OC(C)(C)C)CC2)c1.O=C(Cl)Cl. The van der Waals surface area contributed by atoms with Gasteiger partial charge < -0.3 is 54.9 Å². The number of anilines is 4. The molecule has 3 aliphatic rings. The van der Waals surface area contributed by atoms with E-state index in [1.165, 1.54) is 24.3 Å². The number of nitrogens with one attached hydrogen (secondary N) is 2. The quantitative estimate of drug-likeness (QED) is 0.129. The molecule has 0 saturated carbocycles. The Balaban J connectivity index is 0.000000243. The highest BCUT2D eigenvalue weighted by Crippen LogP contribution is 2.39. The van der Waals surface area contributed by atoms with Crippen molar-refractivity contribution < 1.29 is 46.9 Å². The summed E-state index contributed by atoms with van der Waals surface area (Å²) < 4.78 is 48.4. The van der Waals surface area contributed by atoms with E-state index in [0.717, 1.165) is 39.4 Å². The molecule has 0 unspecified atom stereocenters. The van der Waals surface area contributed by atoms with Crippen molar-refractivity contribution in [3.63, 3.8) is 0 Å². The zero-order chi connectivity index (χ0) is 51.3. The van der Waals surface area contributed by atoms with Gasteiger partial charge in [0.25, 0.3) is 0 Å². The fourth-order valence-corrected chi connectivity index (χ4v) is 7.94. The normalized spacial score (nSPS) is 14.8. The highest BCUT2D eigenvalue weighted by molar-refractivity contribution is 6.93. The number of fused-ring (bicyclic) bond motifs is 1. The minimum Gasteiger partial charge on any atom is -0.497 e. The number of rotatable bonds is 10. The Morgan fingerprint density at radius 3 is 1.63 bits per heavy atom. The lowest BCUT2D eigenvalue weighted by Gasteiger charge is -2.39. The highest BCUT2D eigenvalue weighted by Gasteiger charge is 2.32. The summed E-state index contributed by atoms with van der Waals surface area (Å²) in [5, 5.41) is 6.31. The van der Waals surface area contributed by atoms with Crippen LogP contribution < -0.4 is 40.5 Å². The number of hydrogen-bond donors (Lipinski definition) is 3. The summed E-state index contributed by atoms with van der Waals surface area (Å²) in [6.45, 7) is 17.3. The van der Waals surface area contributed by atoms with E-state index in [1.807, 2.05) is 71.9 Å². The topological polar surface area (TPSA) is 171 Å². The molecular formula is C50H64Cl2F2N8O8. The lowest BCUT2D eigenvalue weighted by molar-refractivity contribution is 0.0230. The average Bonchev–Trinajstić information content (AvgIpc) is 3.30. The first kappa shape index (κ1) is 54.7. The number of benzene rings is 4. The molecule has 0 aliphatic carbocycles. The fourth-order valence-electron chi connectivity index (χ4n) is 7.94. The largest absolute Gasteiger partial charge is 0.497 e. The van der Waals surface area contributed by atoms with Crippen molar-refractivity contribution in [2.45, 2.75) is 78.9 Å². The molecule has 16 nitrogen and oxygen atoms in total. The Hall–Kier alpha value is -6.24. The van der Waals surface area contributed by atoms with Gasteiger partial charge in [0.15, 0.2) is 0 Å². The van der Waals surface area contributed by atoms with Crippen LogP contribution in [0.15, 0.2) is 72.8 Å². The molecule has 380 valence electrons. The van der Waals surface area contributed by atoms with Crippen LogP contribution in [-0.4, -0.2) is 110 Å². The molecule has 7 rings (SSSR count). The smallest absolute Gasteiger partial charge is 0.410 e. The predicted octanol–water partition coefficient (Wildman–Crippen LogP) is 9.67. The number of urea groups is 1. The van der Waals surface area contributed by atoms with E-state index in [9.17, 15) is 23.2 Å². The van der Waals surface area contributed by atoms with Crippen molar-refractivity contribution in [2.24, 2.45) is 5.73 Å². The van der Waals surface area contributed by atoms with Crippen LogP contribution in [0.1, 0.15) is 63.8 Å². The molecule has 2 saturated heterocycles. The first-order valence-corrected chi connectivity index (χ1v) is 23.5. The molecule has 3 aliphatic heterocycles. The molecule has 4 amide bonds. The number of nitrogens with two attached hydrogens (primary N) is 1. The molecule has 4 aromatic rings. The number of carbonyl (C=O) groups is 4. The summed E-state index contributed by atoms with van der Waals surface area (Å²) in [4.78, 5) is 56.0. The van der Waals surface area contributed by atoms with Crippen molar-refractivity contribution in [1.82, 2.24) is 15.1 Å². The van der Waals surface area contributed by atoms with Gasteiger partial charge in [-0.05, 0) is 100 Å². The predicted molar refractivity (Wildman–Crippen MR) is 270 cm³/mol. The third kappa shape index (κ3) is 15.9. The molecule has 3 heterocycles. The molecule has 0 radical (unpaired) electrons. The minimum absolute atomic E-state index is 0.232. The molecule has 70 heavy (non-hydrogen) atoms. The number of methoxy groups -OCH3 is 2. The first-order chi connectivity index (χ1) is 33.1. The summed E-state index contributed by atoms with van der Waals surface area (Å²) in [7, 11) is 3.21. The Labute approximate surface area is 418 Å². The van der Waals surface area contributed by atoms with Crippen LogP contribution in [0, 0.1) is 11.6 Å².